The minimum Gasteiger partial charge on any atom is -0.294 e. The van der Waals surface area contributed by atoms with Crippen LogP contribution in [0.2, 0.25) is 0 Å². The highest BCUT2D eigenvalue weighted by Gasteiger charge is 2.58. The second-order valence-electron chi connectivity index (χ2n) is 6.26. The third-order valence-electron chi connectivity index (χ3n) is 5.14. The van der Waals surface area contributed by atoms with Crippen molar-refractivity contribution in [2.75, 3.05) is 0 Å². The van der Waals surface area contributed by atoms with Crippen molar-refractivity contribution in [1.82, 2.24) is 0 Å². The molecular weight excluding hydrogens is 351 g/mol. The van der Waals surface area contributed by atoms with Gasteiger partial charge < -0.3 is 0 Å². The van der Waals surface area contributed by atoms with Crippen molar-refractivity contribution < 1.29 is 9.59 Å². The molecule has 2 atom stereocenters. The number of Topliss-reactive ketones (excluding diaryl/α,β-unsaturated/α-hetero) is 2. The molecule has 1 saturated carbocycles. The van der Waals surface area contributed by atoms with Crippen molar-refractivity contribution in [2.45, 2.75) is 36.5 Å². The first-order valence-electron chi connectivity index (χ1n) is 6.74. The van der Waals surface area contributed by atoms with Crippen molar-refractivity contribution in [1.29, 1.82) is 0 Å². The maximum Gasteiger partial charge on any atom is 0.179 e. The van der Waals surface area contributed by atoms with E-state index in [2.05, 4.69) is 36.4 Å². The number of carbonyl (C=O) groups excluding carboxylic acids is 2. The lowest BCUT2D eigenvalue weighted by molar-refractivity contribution is 0.0796. The first-order valence-corrected chi connectivity index (χ1v) is 7.82. The lowest BCUT2D eigenvalue weighted by atomic mass is 9.68. The summed E-state index contributed by atoms with van der Waals surface area (Å²) >= 11 is 2.35. The highest BCUT2D eigenvalue weighted by molar-refractivity contribution is 14.1. The van der Waals surface area contributed by atoms with Gasteiger partial charge in [-0.05, 0) is 24.2 Å². The van der Waals surface area contributed by atoms with Crippen LogP contribution < -0.4 is 0 Å². The third-order valence-corrected chi connectivity index (χ3v) is 7.56. The molecule has 100 valence electrons. The van der Waals surface area contributed by atoms with Crippen LogP contribution in [-0.4, -0.2) is 15.0 Å². The van der Waals surface area contributed by atoms with E-state index in [1.807, 2.05) is 18.2 Å². The molecule has 0 spiro atoms. The largest absolute Gasteiger partial charge is 0.294 e. The summed E-state index contributed by atoms with van der Waals surface area (Å²) in [7, 11) is 0. The zero-order valence-electron chi connectivity index (χ0n) is 11.2. The molecule has 0 saturated heterocycles. The van der Waals surface area contributed by atoms with E-state index in [0.29, 0.717) is 23.5 Å². The molecule has 19 heavy (non-hydrogen) atoms. The molecule has 1 aromatic rings. The monoisotopic (exact) mass is 368 g/mol. The molecule has 2 aliphatic carbocycles. The number of hydrogen-bond donors (Lipinski definition) is 0. The number of ketones is 2. The first kappa shape index (κ1) is 13.3. The number of alkyl halides is 1. The summed E-state index contributed by atoms with van der Waals surface area (Å²) in [6.07, 6.45) is 2.43. The van der Waals surface area contributed by atoms with Crippen LogP contribution in [0, 0.1) is 11.3 Å². The van der Waals surface area contributed by atoms with Gasteiger partial charge in [-0.25, -0.2) is 0 Å². The Bertz CT molecular complexity index is 576. The van der Waals surface area contributed by atoms with E-state index < -0.39 is 0 Å². The summed E-state index contributed by atoms with van der Waals surface area (Å²) in [6.45, 7) is 4.30. The van der Waals surface area contributed by atoms with Gasteiger partial charge in [0.2, 0.25) is 0 Å². The van der Waals surface area contributed by atoms with Gasteiger partial charge in [-0.3, -0.25) is 9.59 Å². The Balaban J connectivity index is 2.25. The highest BCUT2D eigenvalue weighted by Crippen LogP contribution is 2.59. The highest BCUT2D eigenvalue weighted by atomic mass is 127. The van der Waals surface area contributed by atoms with Crippen molar-refractivity contribution in [2.24, 2.45) is 11.3 Å². The summed E-state index contributed by atoms with van der Waals surface area (Å²) < 4.78 is -0.369. The average molecular weight is 368 g/mol. The fourth-order valence-corrected chi connectivity index (χ4v) is 4.66. The average Bonchev–Trinajstić information content (AvgIpc) is 2.63. The topological polar surface area (TPSA) is 34.1 Å². The Morgan fingerprint density at radius 1 is 1.16 bits per heavy atom. The molecule has 0 N–H and O–H groups in total. The molecule has 2 nitrogen and oxygen atoms in total. The van der Waals surface area contributed by atoms with Crippen LogP contribution in [0.3, 0.4) is 0 Å². The fourth-order valence-electron chi connectivity index (χ4n) is 3.61. The van der Waals surface area contributed by atoms with Gasteiger partial charge in [-0.15, -0.1) is 0 Å². The molecule has 0 aromatic heterocycles. The minimum absolute atomic E-state index is 0.117. The van der Waals surface area contributed by atoms with Crippen molar-refractivity contribution in [3.63, 3.8) is 0 Å². The fraction of sp³-hybridized carbons (Fsp3) is 0.500. The number of hydrogen-bond acceptors (Lipinski definition) is 2. The molecule has 1 aromatic carbocycles. The van der Waals surface area contributed by atoms with Crippen molar-refractivity contribution in [3.8, 4) is 0 Å². The van der Waals surface area contributed by atoms with Gasteiger partial charge in [0.1, 0.15) is 0 Å². The molecule has 0 heterocycles. The molecule has 0 aliphatic heterocycles. The van der Waals surface area contributed by atoms with Crippen LogP contribution in [0.25, 0.3) is 0 Å². The predicted molar refractivity (Wildman–Crippen MR) is 83.0 cm³/mol. The Labute approximate surface area is 127 Å². The third kappa shape index (κ3) is 1.66. The van der Waals surface area contributed by atoms with Crippen LogP contribution in [0.15, 0.2) is 24.3 Å². The van der Waals surface area contributed by atoms with E-state index in [1.165, 1.54) is 0 Å². The zero-order chi connectivity index (χ0) is 13.8. The van der Waals surface area contributed by atoms with Gasteiger partial charge >= 0.3 is 0 Å². The number of halogens is 1. The van der Waals surface area contributed by atoms with Crippen LogP contribution in [0.5, 0.6) is 0 Å². The molecule has 0 radical (unpaired) electrons. The predicted octanol–water partition coefficient (Wildman–Crippen LogP) is 4.07. The number of rotatable bonds is 0. The van der Waals surface area contributed by atoms with Crippen LogP contribution in [-0.2, 0) is 0 Å². The minimum atomic E-state index is -0.369. The van der Waals surface area contributed by atoms with Gasteiger partial charge in [0.05, 0.1) is 3.42 Å². The zero-order valence-corrected chi connectivity index (χ0v) is 13.4. The summed E-state index contributed by atoms with van der Waals surface area (Å²) in [4.78, 5) is 25.4. The number of carbonyl (C=O) groups is 2. The van der Waals surface area contributed by atoms with E-state index in [9.17, 15) is 9.59 Å². The maximum absolute atomic E-state index is 13.0. The Hall–Kier alpha value is -0.710. The molecule has 2 bridgehead atoms. The summed E-state index contributed by atoms with van der Waals surface area (Å²) in [5.41, 5.74) is 1.12. The van der Waals surface area contributed by atoms with Gasteiger partial charge in [0.25, 0.3) is 0 Å². The van der Waals surface area contributed by atoms with Crippen molar-refractivity contribution in [3.05, 3.63) is 35.4 Å². The Morgan fingerprint density at radius 3 is 2.47 bits per heavy atom. The van der Waals surface area contributed by atoms with Crippen LogP contribution in [0.1, 0.15) is 53.8 Å². The van der Waals surface area contributed by atoms with E-state index in [4.69, 9.17) is 0 Å². The Kier molecular flexibility index (Phi) is 2.89. The Morgan fingerprint density at radius 2 is 1.79 bits per heavy atom. The van der Waals surface area contributed by atoms with Crippen molar-refractivity contribution >= 4 is 34.2 Å². The van der Waals surface area contributed by atoms with E-state index in [-0.39, 0.29) is 20.4 Å². The van der Waals surface area contributed by atoms with Crippen LogP contribution in [0.4, 0.5) is 0 Å². The summed E-state index contributed by atoms with van der Waals surface area (Å²) in [5.74, 6) is 0.584. The normalized spacial score (nSPS) is 32.7. The molecule has 2 unspecified atom stereocenters. The van der Waals surface area contributed by atoms with Gasteiger partial charge in [-0.2, -0.15) is 0 Å². The molecule has 2 aliphatic rings. The lowest BCUT2D eigenvalue weighted by Gasteiger charge is -2.40. The summed E-state index contributed by atoms with van der Waals surface area (Å²) in [6, 6.07) is 7.31. The lowest BCUT2D eigenvalue weighted by Crippen LogP contribution is -2.46. The smallest absolute Gasteiger partial charge is 0.179 e. The second kappa shape index (κ2) is 4.14. The molecule has 1 fully saturated rings. The number of benzene rings is 1. The van der Waals surface area contributed by atoms with E-state index >= 15 is 0 Å². The quantitative estimate of drug-likeness (QED) is 0.511. The van der Waals surface area contributed by atoms with E-state index in [1.54, 1.807) is 6.07 Å². The molecule has 3 heteroatoms. The standard InChI is InChI=1S/C16H17IO2/c1-15(2)10-7-8-16(15,17)14(19)12-6-4-3-5-11(12)13(18)9-10/h3-6,10H,7-9H2,1-2H3. The summed E-state index contributed by atoms with van der Waals surface area (Å²) in [5, 5.41) is 0. The van der Waals surface area contributed by atoms with Gasteiger partial charge in [-0.1, -0.05) is 60.7 Å². The van der Waals surface area contributed by atoms with Crippen LogP contribution >= 0.6 is 22.6 Å². The molecule has 3 rings (SSSR count). The molecule has 0 amide bonds. The molecular formula is C16H17IO2. The first-order chi connectivity index (χ1) is 8.88. The SMILES string of the molecule is CC1(C)C2CCC1(I)C(=O)c1ccccc1C(=O)C2. The second-order valence-corrected chi connectivity index (χ2v) is 8.10. The van der Waals surface area contributed by atoms with Gasteiger partial charge in [0, 0.05) is 17.5 Å². The van der Waals surface area contributed by atoms with E-state index in [0.717, 1.165) is 12.8 Å². The number of fused-ring (bicyclic) bond motifs is 3. The van der Waals surface area contributed by atoms with Gasteiger partial charge in [0.15, 0.2) is 11.6 Å². The maximum atomic E-state index is 13.0.